The highest BCUT2D eigenvalue weighted by Gasteiger charge is 2.38. The molecule has 0 aromatic rings. The fraction of sp³-hybridized carbons (Fsp3) is 0.769. The van der Waals surface area contributed by atoms with Crippen molar-refractivity contribution in [2.75, 3.05) is 20.2 Å². The molecule has 0 aromatic carbocycles. The van der Waals surface area contributed by atoms with Crippen LogP contribution in [0.25, 0.3) is 0 Å². The van der Waals surface area contributed by atoms with Gasteiger partial charge in [0.2, 0.25) is 0 Å². The Balaban J connectivity index is 2.37. The van der Waals surface area contributed by atoms with Crippen molar-refractivity contribution in [1.82, 2.24) is 4.90 Å². The third-order valence-electron chi connectivity index (χ3n) is 3.37. The lowest BCUT2D eigenvalue weighted by molar-refractivity contribution is -0.172. The maximum Gasteiger partial charge on any atom is 0.338 e. The van der Waals surface area contributed by atoms with Gasteiger partial charge in [-0.2, -0.15) is 5.26 Å². The Bertz CT molecular complexity index is 369. The highest BCUT2D eigenvalue weighted by atomic mass is 16.6. The second-order valence-electron chi connectivity index (χ2n) is 4.89. The lowest BCUT2D eigenvalue weighted by Crippen LogP contribution is -2.43. The van der Waals surface area contributed by atoms with Crippen molar-refractivity contribution in [2.24, 2.45) is 0 Å². The minimum absolute atomic E-state index is 0.236. The zero-order chi connectivity index (χ0) is 14.3. The van der Waals surface area contributed by atoms with Crippen LogP contribution in [-0.2, 0) is 14.3 Å². The molecule has 0 bridgehead atoms. The van der Waals surface area contributed by atoms with Crippen molar-refractivity contribution in [1.29, 1.82) is 5.26 Å². The van der Waals surface area contributed by atoms with Crippen molar-refractivity contribution in [2.45, 2.75) is 44.1 Å². The Morgan fingerprint density at radius 2 is 2.00 bits per heavy atom. The summed E-state index contributed by atoms with van der Waals surface area (Å²) in [6, 6.07) is 1.93. The first-order chi connectivity index (χ1) is 8.99. The fourth-order valence-electron chi connectivity index (χ4n) is 2.06. The molecule has 106 valence electrons. The second kappa shape index (κ2) is 7.10. The number of amides is 1. The molecule has 1 fully saturated rings. The molecule has 1 rings (SSSR count). The van der Waals surface area contributed by atoms with E-state index in [0.717, 1.165) is 19.3 Å². The van der Waals surface area contributed by atoms with E-state index in [1.165, 1.54) is 4.90 Å². The summed E-state index contributed by atoms with van der Waals surface area (Å²) in [7, 11) is 1.54. The Labute approximate surface area is 112 Å². The molecule has 1 amide bonds. The van der Waals surface area contributed by atoms with Crippen LogP contribution in [0.4, 0.5) is 0 Å². The summed E-state index contributed by atoms with van der Waals surface area (Å²) >= 11 is 0. The summed E-state index contributed by atoms with van der Waals surface area (Å²) in [5.41, 5.74) is -1.43. The quantitative estimate of drug-likeness (QED) is 0.737. The number of hydrogen-bond donors (Lipinski definition) is 1. The van der Waals surface area contributed by atoms with Crippen LogP contribution in [0.2, 0.25) is 0 Å². The van der Waals surface area contributed by atoms with Gasteiger partial charge < -0.3 is 14.7 Å². The molecule has 0 spiro atoms. The Hall–Kier alpha value is -1.61. The van der Waals surface area contributed by atoms with Gasteiger partial charge in [-0.3, -0.25) is 4.79 Å². The van der Waals surface area contributed by atoms with E-state index in [1.807, 2.05) is 6.07 Å². The topological polar surface area (TPSA) is 90.6 Å². The van der Waals surface area contributed by atoms with Crippen LogP contribution < -0.4 is 0 Å². The number of aliphatic hydroxyl groups is 1. The average molecular weight is 268 g/mol. The van der Waals surface area contributed by atoms with E-state index in [1.54, 1.807) is 7.05 Å². The highest BCUT2D eigenvalue weighted by Crippen LogP contribution is 2.29. The number of esters is 1. The van der Waals surface area contributed by atoms with Crippen LogP contribution in [0.15, 0.2) is 0 Å². The number of nitriles is 1. The maximum absolute atomic E-state index is 11.8. The first kappa shape index (κ1) is 15.4. The standard InChI is InChI=1S/C13H20N2O4/c1-15(9-5-8-14)11(16)10-19-12(17)13(18)6-3-2-4-7-13/h18H,2-7,9-10H2,1H3. The zero-order valence-corrected chi connectivity index (χ0v) is 11.2. The van der Waals surface area contributed by atoms with Crippen molar-refractivity contribution in [3.63, 3.8) is 0 Å². The van der Waals surface area contributed by atoms with E-state index in [9.17, 15) is 14.7 Å². The minimum Gasteiger partial charge on any atom is -0.453 e. The van der Waals surface area contributed by atoms with Crippen LogP contribution in [0, 0.1) is 11.3 Å². The maximum atomic E-state index is 11.8. The predicted octanol–water partition coefficient (Wildman–Crippen LogP) is 0.597. The Morgan fingerprint density at radius 3 is 2.58 bits per heavy atom. The molecule has 0 aliphatic heterocycles. The van der Waals surface area contributed by atoms with E-state index in [4.69, 9.17) is 10.00 Å². The van der Waals surface area contributed by atoms with Crippen LogP contribution in [-0.4, -0.2) is 47.7 Å². The van der Waals surface area contributed by atoms with Gasteiger partial charge in [-0.05, 0) is 25.7 Å². The molecule has 6 nitrogen and oxygen atoms in total. The van der Waals surface area contributed by atoms with Gasteiger partial charge in [-0.25, -0.2) is 4.79 Å². The monoisotopic (exact) mass is 268 g/mol. The Morgan fingerprint density at radius 1 is 1.37 bits per heavy atom. The lowest BCUT2D eigenvalue weighted by atomic mass is 9.85. The minimum atomic E-state index is -1.43. The molecule has 0 unspecified atom stereocenters. The molecule has 0 saturated heterocycles. The summed E-state index contributed by atoms with van der Waals surface area (Å²) in [6.45, 7) is -0.0831. The van der Waals surface area contributed by atoms with Gasteiger partial charge >= 0.3 is 5.97 Å². The van der Waals surface area contributed by atoms with Crippen LogP contribution in [0.3, 0.4) is 0 Å². The number of ether oxygens (including phenoxy) is 1. The van der Waals surface area contributed by atoms with E-state index >= 15 is 0 Å². The predicted molar refractivity (Wildman–Crippen MR) is 66.9 cm³/mol. The van der Waals surface area contributed by atoms with Crippen molar-refractivity contribution in [3.8, 4) is 6.07 Å². The zero-order valence-electron chi connectivity index (χ0n) is 11.2. The molecule has 0 atom stereocenters. The van der Waals surface area contributed by atoms with E-state index < -0.39 is 11.6 Å². The van der Waals surface area contributed by atoms with Crippen molar-refractivity contribution >= 4 is 11.9 Å². The molecule has 6 heteroatoms. The van der Waals surface area contributed by atoms with Crippen LogP contribution in [0.1, 0.15) is 38.5 Å². The molecular weight excluding hydrogens is 248 g/mol. The van der Waals surface area contributed by atoms with E-state index in [0.29, 0.717) is 19.4 Å². The van der Waals surface area contributed by atoms with Gasteiger partial charge in [0.25, 0.3) is 5.91 Å². The molecule has 0 radical (unpaired) electrons. The van der Waals surface area contributed by atoms with Gasteiger partial charge in [0.1, 0.15) is 0 Å². The fourth-order valence-corrected chi connectivity index (χ4v) is 2.06. The molecular formula is C13H20N2O4. The average Bonchev–Trinajstić information content (AvgIpc) is 2.42. The third-order valence-corrected chi connectivity index (χ3v) is 3.37. The summed E-state index contributed by atoms with van der Waals surface area (Å²) in [4.78, 5) is 24.7. The largest absolute Gasteiger partial charge is 0.453 e. The van der Waals surface area contributed by atoms with Gasteiger partial charge in [0.05, 0.1) is 12.5 Å². The SMILES string of the molecule is CN(CCC#N)C(=O)COC(=O)C1(O)CCCCC1. The smallest absolute Gasteiger partial charge is 0.338 e. The lowest BCUT2D eigenvalue weighted by Gasteiger charge is -2.29. The van der Waals surface area contributed by atoms with Gasteiger partial charge in [-0.1, -0.05) is 6.42 Å². The number of likely N-dealkylation sites (N-methyl/N-ethyl adjacent to an activating group) is 1. The molecule has 1 saturated carbocycles. The summed E-state index contributed by atoms with van der Waals surface area (Å²) in [5, 5.41) is 18.5. The highest BCUT2D eigenvalue weighted by molar-refractivity contribution is 5.84. The van der Waals surface area contributed by atoms with E-state index in [2.05, 4.69) is 0 Å². The molecule has 0 aromatic heterocycles. The summed E-state index contributed by atoms with van der Waals surface area (Å²) < 4.78 is 4.88. The normalized spacial score (nSPS) is 17.3. The van der Waals surface area contributed by atoms with Crippen LogP contribution in [0.5, 0.6) is 0 Å². The first-order valence-corrected chi connectivity index (χ1v) is 6.50. The number of hydrogen-bond acceptors (Lipinski definition) is 5. The summed E-state index contributed by atoms with van der Waals surface area (Å²) in [6.07, 6.45) is 3.61. The number of carbonyl (C=O) groups is 2. The Kier molecular flexibility index (Phi) is 5.77. The molecule has 0 heterocycles. The molecule has 19 heavy (non-hydrogen) atoms. The number of nitrogens with zero attached hydrogens (tertiary/aromatic N) is 2. The van der Waals surface area contributed by atoms with Crippen molar-refractivity contribution in [3.05, 3.63) is 0 Å². The van der Waals surface area contributed by atoms with Gasteiger partial charge in [-0.15, -0.1) is 0 Å². The number of rotatable bonds is 5. The second-order valence-corrected chi connectivity index (χ2v) is 4.89. The van der Waals surface area contributed by atoms with Crippen molar-refractivity contribution < 1.29 is 19.4 Å². The van der Waals surface area contributed by atoms with Gasteiger partial charge in [0, 0.05) is 13.6 Å². The molecule has 1 N–H and O–H groups in total. The number of carbonyl (C=O) groups excluding carboxylic acids is 2. The summed E-state index contributed by atoms with van der Waals surface area (Å²) in [5.74, 6) is -1.09. The van der Waals surface area contributed by atoms with Crippen LogP contribution >= 0.6 is 0 Å². The third kappa shape index (κ3) is 4.52. The molecule has 1 aliphatic rings. The first-order valence-electron chi connectivity index (χ1n) is 6.50. The van der Waals surface area contributed by atoms with Gasteiger partial charge in [0.15, 0.2) is 12.2 Å². The van der Waals surface area contributed by atoms with E-state index in [-0.39, 0.29) is 18.9 Å². The molecule has 1 aliphatic carbocycles.